The maximum absolute atomic E-state index is 11.5. The summed E-state index contributed by atoms with van der Waals surface area (Å²) in [5.74, 6) is 0. The van der Waals surface area contributed by atoms with Crippen LogP contribution in [0, 0.1) is 0 Å². The minimum absolute atomic E-state index is 0.457. The van der Waals surface area contributed by atoms with Crippen LogP contribution in [0.25, 0.3) is 0 Å². The molecule has 5 nitrogen and oxygen atoms in total. The van der Waals surface area contributed by atoms with E-state index in [2.05, 4.69) is 5.32 Å². The summed E-state index contributed by atoms with van der Waals surface area (Å²) in [6.45, 7) is 1.85. The second-order valence-corrected chi connectivity index (χ2v) is 5.36. The van der Waals surface area contributed by atoms with Gasteiger partial charge in [0.25, 0.3) is 0 Å². The quantitative estimate of drug-likeness (QED) is 0.548. The molecule has 1 unspecified atom stereocenters. The molecule has 1 fully saturated rings. The summed E-state index contributed by atoms with van der Waals surface area (Å²) in [6, 6.07) is -0.475. The molecule has 1 heterocycles. The van der Waals surface area contributed by atoms with Gasteiger partial charge in [-0.3, -0.25) is 0 Å². The summed E-state index contributed by atoms with van der Waals surface area (Å²) in [4.78, 5) is 13.0. The van der Waals surface area contributed by atoms with E-state index in [0.717, 1.165) is 0 Å². The Morgan fingerprint density at radius 1 is 1.40 bits per heavy atom. The smallest absolute Gasteiger partial charge is 0.319 e. The number of carbonyl (C=O) groups excluding carboxylic acids is 1. The Balaban J connectivity index is 2.40. The number of nitrogens with one attached hydrogen (secondary N) is 1. The van der Waals surface area contributed by atoms with Crippen LogP contribution in [-0.2, 0) is 4.74 Å². The summed E-state index contributed by atoms with van der Waals surface area (Å²) in [7, 11) is 0. The van der Waals surface area contributed by atoms with Crippen molar-refractivity contribution >= 4 is 40.8 Å². The minimum Gasteiger partial charge on any atom is -0.378 e. The zero-order chi connectivity index (χ0) is 11.5. The largest absolute Gasteiger partial charge is 0.378 e. The molecule has 88 valence electrons. The fourth-order valence-electron chi connectivity index (χ4n) is 1.06. The third kappa shape index (κ3) is 4.20. The van der Waals surface area contributed by atoms with E-state index in [1.165, 1.54) is 4.90 Å². The molecule has 15 heavy (non-hydrogen) atoms. The molecule has 0 bridgehead atoms. The second-order valence-electron chi connectivity index (χ2n) is 2.99. The number of amides is 2. The summed E-state index contributed by atoms with van der Waals surface area (Å²) in [5.41, 5.74) is 0. The van der Waals surface area contributed by atoms with Gasteiger partial charge in [0.05, 0.1) is 13.2 Å². The van der Waals surface area contributed by atoms with Crippen LogP contribution in [-0.4, -0.2) is 52.4 Å². The van der Waals surface area contributed by atoms with Gasteiger partial charge in [-0.2, -0.15) is 0 Å². The van der Waals surface area contributed by atoms with Crippen molar-refractivity contribution in [1.29, 1.82) is 0 Å². The topological polar surface area (TPSA) is 61.8 Å². The van der Waals surface area contributed by atoms with Crippen molar-refractivity contribution < 1.29 is 14.6 Å². The number of aliphatic hydroxyl groups excluding tert-OH is 1. The van der Waals surface area contributed by atoms with Crippen molar-refractivity contribution in [3.63, 3.8) is 0 Å². The second kappa shape index (κ2) is 5.41. The van der Waals surface area contributed by atoms with E-state index >= 15 is 0 Å². The number of halogens is 3. The molecule has 0 spiro atoms. The monoisotopic (exact) mass is 276 g/mol. The van der Waals surface area contributed by atoms with Gasteiger partial charge in [-0.15, -0.1) is 0 Å². The van der Waals surface area contributed by atoms with E-state index in [1.807, 2.05) is 0 Å². The molecule has 1 rings (SSSR count). The number of ether oxygens (including phenoxy) is 1. The number of rotatable bonds is 1. The van der Waals surface area contributed by atoms with Gasteiger partial charge in [0.1, 0.15) is 0 Å². The maximum Gasteiger partial charge on any atom is 0.319 e. The molecule has 0 saturated carbocycles. The fourth-order valence-corrected chi connectivity index (χ4v) is 1.22. The van der Waals surface area contributed by atoms with Gasteiger partial charge in [0, 0.05) is 13.1 Å². The highest BCUT2D eigenvalue weighted by atomic mass is 35.6. The van der Waals surface area contributed by atoms with Crippen LogP contribution < -0.4 is 5.32 Å². The van der Waals surface area contributed by atoms with Crippen molar-refractivity contribution in [2.45, 2.75) is 10.0 Å². The molecule has 1 aliphatic rings. The zero-order valence-corrected chi connectivity index (χ0v) is 10.0. The first kappa shape index (κ1) is 13.1. The minimum atomic E-state index is -1.93. The summed E-state index contributed by atoms with van der Waals surface area (Å²) in [5, 5.41) is 11.5. The van der Waals surface area contributed by atoms with Crippen LogP contribution in [0.5, 0.6) is 0 Å². The fraction of sp³-hybridized carbons (Fsp3) is 0.857. The highest BCUT2D eigenvalue weighted by molar-refractivity contribution is 6.68. The molecule has 2 N–H and O–H groups in total. The Morgan fingerprint density at radius 2 is 1.93 bits per heavy atom. The average molecular weight is 278 g/mol. The normalized spacial score (nSPS) is 19.9. The molecular formula is C7H11Cl3N2O3. The molecular weight excluding hydrogens is 266 g/mol. The van der Waals surface area contributed by atoms with Gasteiger partial charge < -0.3 is 20.1 Å². The molecule has 0 aromatic heterocycles. The Kier molecular flexibility index (Phi) is 4.73. The van der Waals surface area contributed by atoms with Crippen molar-refractivity contribution in [2.24, 2.45) is 0 Å². The first-order valence-corrected chi connectivity index (χ1v) is 5.42. The maximum atomic E-state index is 11.5. The van der Waals surface area contributed by atoms with Gasteiger partial charge in [0.2, 0.25) is 3.79 Å². The molecule has 0 aliphatic carbocycles. The van der Waals surface area contributed by atoms with E-state index in [0.29, 0.717) is 26.3 Å². The molecule has 1 aliphatic heterocycles. The van der Waals surface area contributed by atoms with E-state index in [4.69, 9.17) is 39.5 Å². The zero-order valence-electron chi connectivity index (χ0n) is 7.75. The van der Waals surface area contributed by atoms with Gasteiger partial charge in [-0.05, 0) is 0 Å². The van der Waals surface area contributed by atoms with Crippen molar-refractivity contribution in [2.75, 3.05) is 26.3 Å². The van der Waals surface area contributed by atoms with E-state index in [-0.39, 0.29) is 0 Å². The molecule has 1 saturated heterocycles. The number of alkyl halides is 3. The third-order valence-corrected chi connectivity index (χ3v) is 2.49. The highest BCUT2D eigenvalue weighted by Gasteiger charge is 2.33. The van der Waals surface area contributed by atoms with Gasteiger partial charge in [-0.1, -0.05) is 34.8 Å². The number of aliphatic hydroxyl groups is 1. The Labute approximate surface area is 102 Å². The van der Waals surface area contributed by atoms with Crippen molar-refractivity contribution in [3.8, 4) is 0 Å². The number of carbonyl (C=O) groups is 1. The number of nitrogens with zero attached hydrogens (tertiary/aromatic N) is 1. The lowest BCUT2D eigenvalue weighted by atomic mass is 10.4. The summed E-state index contributed by atoms with van der Waals surface area (Å²) < 4.78 is 3.13. The molecule has 1 atom stereocenters. The predicted octanol–water partition coefficient (Wildman–Crippen LogP) is 0.717. The highest BCUT2D eigenvalue weighted by Crippen LogP contribution is 2.28. The first-order valence-electron chi connectivity index (χ1n) is 4.29. The molecule has 8 heteroatoms. The molecule has 2 amide bonds. The van der Waals surface area contributed by atoms with E-state index in [1.54, 1.807) is 0 Å². The Bertz CT molecular complexity index is 228. The van der Waals surface area contributed by atoms with Crippen LogP contribution in [0.15, 0.2) is 0 Å². The van der Waals surface area contributed by atoms with Crippen LogP contribution in [0.2, 0.25) is 0 Å². The summed E-state index contributed by atoms with van der Waals surface area (Å²) in [6.07, 6.45) is -1.53. The molecule has 0 aromatic rings. The lowest BCUT2D eigenvalue weighted by Crippen LogP contribution is -2.52. The van der Waals surface area contributed by atoms with Crippen LogP contribution in [0.1, 0.15) is 0 Å². The standard InChI is InChI=1S/C7H11Cl3N2O3/c8-7(9,10)5(13)11-6(14)12-1-3-15-4-2-12/h5,13H,1-4H2,(H,11,14). The lowest BCUT2D eigenvalue weighted by molar-refractivity contribution is 0.0471. The Morgan fingerprint density at radius 3 is 2.40 bits per heavy atom. The van der Waals surface area contributed by atoms with Crippen molar-refractivity contribution in [1.82, 2.24) is 10.2 Å². The number of hydrogen-bond donors (Lipinski definition) is 2. The third-order valence-electron chi connectivity index (χ3n) is 1.87. The first-order chi connectivity index (χ1) is 6.91. The van der Waals surface area contributed by atoms with E-state index in [9.17, 15) is 9.90 Å². The van der Waals surface area contributed by atoms with Crippen LogP contribution >= 0.6 is 34.8 Å². The number of urea groups is 1. The van der Waals surface area contributed by atoms with Crippen LogP contribution in [0.3, 0.4) is 0 Å². The molecule has 0 aromatic carbocycles. The number of morpholine rings is 1. The lowest BCUT2D eigenvalue weighted by Gasteiger charge is -2.29. The van der Waals surface area contributed by atoms with Gasteiger partial charge in [-0.25, -0.2) is 4.79 Å². The molecule has 0 radical (unpaired) electrons. The van der Waals surface area contributed by atoms with E-state index < -0.39 is 16.1 Å². The average Bonchev–Trinajstić information content (AvgIpc) is 2.17. The predicted molar refractivity (Wildman–Crippen MR) is 57.2 cm³/mol. The van der Waals surface area contributed by atoms with Crippen LogP contribution in [0.4, 0.5) is 4.79 Å². The SMILES string of the molecule is O=C(NC(O)C(Cl)(Cl)Cl)N1CCOCC1. The summed E-state index contributed by atoms with van der Waals surface area (Å²) >= 11 is 16.2. The van der Waals surface area contributed by atoms with Crippen molar-refractivity contribution in [3.05, 3.63) is 0 Å². The Hall–Kier alpha value is 0.0600. The van der Waals surface area contributed by atoms with Gasteiger partial charge >= 0.3 is 6.03 Å². The number of hydrogen-bond acceptors (Lipinski definition) is 3. The van der Waals surface area contributed by atoms with Gasteiger partial charge in [0.15, 0.2) is 6.23 Å².